The molecule has 7 nitrogen and oxygen atoms in total. The van der Waals surface area contributed by atoms with Gasteiger partial charge in [0.05, 0.1) is 11.7 Å². The fourth-order valence-electron chi connectivity index (χ4n) is 4.43. The van der Waals surface area contributed by atoms with Crippen molar-refractivity contribution in [3.05, 3.63) is 11.4 Å². The Kier molecular flexibility index (Phi) is 4.54. The van der Waals surface area contributed by atoms with Gasteiger partial charge in [-0.25, -0.2) is 4.68 Å². The van der Waals surface area contributed by atoms with E-state index in [1.165, 1.54) is 25.8 Å². The number of fused-ring (bicyclic) bond motifs is 1. The quantitative estimate of drug-likeness (QED) is 0.869. The molecule has 3 fully saturated rings. The number of piperidine rings is 2. The monoisotopic (exact) mass is 332 g/mol. The van der Waals surface area contributed by atoms with Crippen LogP contribution in [0.1, 0.15) is 54.3 Å². The second-order valence-electron chi connectivity index (χ2n) is 7.39. The summed E-state index contributed by atoms with van der Waals surface area (Å²) in [6.07, 6.45) is 5.91. The van der Waals surface area contributed by atoms with E-state index in [4.69, 9.17) is 0 Å². The van der Waals surface area contributed by atoms with E-state index < -0.39 is 0 Å². The number of aromatic nitrogens is 3. The van der Waals surface area contributed by atoms with Crippen molar-refractivity contribution in [2.75, 3.05) is 39.3 Å². The Morgan fingerprint density at radius 1 is 1.08 bits per heavy atom. The molecule has 1 atom stereocenters. The Morgan fingerprint density at radius 2 is 1.92 bits per heavy atom. The van der Waals surface area contributed by atoms with Crippen LogP contribution >= 0.6 is 0 Å². The minimum Gasteiger partial charge on any atom is -0.334 e. The molecule has 3 aliphatic heterocycles. The van der Waals surface area contributed by atoms with Crippen molar-refractivity contribution in [2.24, 2.45) is 0 Å². The van der Waals surface area contributed by atoms with E-state index in [0.29, 0.717) is 17.8 Å². The Labute approximate surface area is 143 Å². The van der Waals surface area contributed by atoms with E-state index >= 15 is 0 Å². The molecular weight excluding hydrogens is 304 g/mol. The molecule has 3 aliphatic rings. The van der Waals surface area contributed by atoms with Crippen LogP contribution in [-0.4, -0.2) is 76.0 Å². The molecule has 1 amide bonds. The third-order valence-corrected chi connectivity index (χ3v) is 5.91. The third kappa shape index (κ3) is 2.95. The average molecular weight is 332 g/mol. The lowest BCUT2D eigenvalue weighted by atomic mass is 9.99. The maximum Gasteiger partial charge on any atom is 0.276 e. The van der Waals surface area contributed by atoms with Crippen LogP contribution in [0.25, 0.3) is 0 Å². The fraction of sp³-hybridized carbons (Fsp3) is 0.824. The molecular formula is C17H28N6O. The van der Waals surface area contributed by atoms with Gasteiger partial charge in [-0.1, -0.05) is 11.6 Å². The minimum absolute atomic E-state index is 0.0675. The largest absolute Gasteiger partial charge is 0.334 e. The minimum atomic E-state index is 0.0675. The number of rotatable bonds is 2. The van der Waals surface area contributed by atoms with Crippen molar-refractivity contribution in [3.8, 4) is 0 Å². The summed E-state index contributed by atoms with van der Waals surface area (Å²) in [6.45, 7) is 7.86. The maximum atomic E-state index is 13.0. The number of nitrogens with zero attached hydrogens (tertiary/aromatic N) is 5. The lowest BCUT2D eigenvalue weighted by molar-refractivity contribution is 0.0367. The van der Waals surface area contributed by atoms with Gasteiger partial charge in [0.2, 0.25) is 0 Å². The molecule has 0 unspecified atom stereocenters. The molecule has 0 bridgehead atoms. The van der Waals surface area contributed by atoms with Crippen LogP contribution in [0, 0.1) is 6.92 Å². The zero-order valence-electron chi connectivity index (χ0n) is 14.6. The average Bonchev–Trinajstić information content (AvgIpc) is 3.03. The summed E-state index contributed by atoms with van der Waals surface area (Å²) >= 11 is 0. The van der Waals surface area contributed by atoms with Gasteiger partial charge in [0.1, 0.15) is 0 Å². The molecule has 0 spiro atoms. The number of carbonyl (C=O) groups excluding carboxylic acids is 1. The standard InChI is InChI=1S/C17H28N6O/c1-13-16(19-20-23(13)14-5-7-18-8-6-14)17(24)22-11-10-21-9-3-2-4-15(21)12-22/h14-15,18H,2-12H2,1H3/t15-/m1/s1. The summed E-state index contributed by atoms with van der Waals surface area (Å²) in [7, 11) is 0. The molecule has 1 aromatic rings. The fourth-order valence-corrected chi connectivity index (χ4v) is 4.43. The highest BCUT2D eigenvalue weighted by Gasteiger charge is 2.33. The van der Waals surface area contributed by atoms with E-state index in [1.807, 2.05) is 16.5 Å². The van der Waals surface area contributed by atoms with E-state index in [-0.39, 0.29) is 5.91 Å². The van der Waals surface area contributed by atoms with E-state index in [1.54, 1.807) is 0 Å². The van der Waals surface area contributed by atoms with E-state index in [0.717, 1.165) is 51.3 Å². The first-order chi connectivity index (χ1) is 11.7. The summed E-state index contributed by atoms with van der Waals surface area (Å²) in [5, 5.41) is 11.9. The number of hydrogen-bond donors (Lipinski definition) is 1. The first-order valence-electron chi connectivity index (χ1n) is 9.40. The molecule has 1 aromatic heterocycles. The van der Waals surface area contributed by atoms with Crippen LogP contribution in [0.5, 0.6) is 0 Å². The van der Waals surface area contributed by atoms with Crippen molar-refractivity contribution in [1.82, 2.24) is 30.1 Å². The molecule has 4 rings (SSSR count). The maximum absolute atomic E-state index is 13.0. The summed E-state index contributed by atoms with van der Waals surface area (Å²) in [6, 6.07) is 0.909. The number of amides is 1. The van der Waals surface area contributed by atoms with Crippen LogP contribution in [0.4, 0.5) is 0 Å². The van der Waals surface area contributed by atoms with Gasteiger partial charge in [-0.05, 0) is 52.2 Å². The highest BCUT2D eigenvalue weighted by molar-refractivity contribution is 5.93. The number of piperazine rings is 1. The lowest BCUT2D eigenvalue weighted by Gasteiger charge is -2.43. The number of carbonyl (C=O) groups is 1. The van der Waals surface area contributed by atoms with Gasteiger partial charge in [-0.15, -0.1) is 5.10 Å². The van der Waals surface area contributed by atoms with Crippen molar-refractivity contribution in [1.29, 1.82) is 0 Å². The molecule has 1 N–H and O–H groups in total. The summed E-state index contributed by atoms with van der Waals surface area (Å²) in [5.74, 6) is 0.0675. The highest BCUT2D eigenvalue weighted by atomic mass is 16.2. The molecule has 7 heteroatoms. The van der Waals surface area contributed by atoms with Crippen LogP contribution in [0.2, 0.25) is 0 Å². The van der Waals surface area contributed by atoms with Gasteiger partial charge in [-0.3, -0.25) is 9.69 Å². The molecule has 132 valence electrons. The Hall–Kier alpha value is -1.47. The van der Waals surface area contributed by atoms with Crippen molar-refractivity contribution in [2.45, 2.75) is 51.1 Å². The Morgan fingerprint density at radius 3 is 2.75 bits per heavy atom. The normalized spacial score (nSPS) is 26.4. The summed E-state index contributed by atoms with van der Waals surface area (Å²) in [4.78, 5) is 17.5. The van der Waals surface area contributed by atoms with Gasteiger partial charge in [0, 0.05) is 25.7 Å². The summed E-state index contributed by atoms with van der Waals surface area (Å²) < 4.78 is 1.98. The van der Waals surface area contributed by atoms with Gasteiger partial charge < -0.3 is 10.2 Å². The smallest absolute Gasteiger partial charge is 0.276 e. The van der Waals surface area contributed by atoms with Gasteiger partial charge in [0.25, 0.3) is 5.91 Å². The first-order valence-corrected chi connectivity index (χ1v) is 9.40. The molecule has 3 saturated heterocycles. The van der Waals surface area contributed by atoms with E-state index in [9.17, 15) is 4.79 Å². The lowest BCUT2D eigenvalue weighted by Crippen LogP contribution is -2.56. The van der Waals surface area contributed by atoms with Gasteiger partial charge in [0.15, 0.2) is 5.69 Å². The van der Waals surface area contributed by atoms with Gasteiger partial charge in [-0.2, -0.15) is 0 Å². The Bertz CT molecular complexity index is 594. The van der Waals surface area contributed by atoms with Crippen LogP contribution in [0.3, 0.4) is 0 Å². The Balaban J connectivity index is 1.47. The second kappa shape index (κ2) is 6.80. The van der Waals surface area contributed by atoms with E-state index in [2.05, 4.69) is 20.5 Å². The number of nitrogens with one attached hydrogen (secondary N) is 1. The first kappa shape index (κ1) is 16.0. The van der Waals surface area contributed by atoms with Crippen LogP contribution in [-0.2, 0) is 0 Å². The van der Waals surface area contributed by atoms with Crippen molar-refractivity contribution < 1.29 is 4.79 Å². The second-order valence-corrected chi connectivity index (χ2v) is 7.39. The number of hydrogen-bond acceptors (Lipinski definition) is 5. The predicted molar refractivity (Wildman–Crippen MR) is 91.0 cm³/mol. The molecule has 0 saturated carbocycles. The van der Waals surface area contributed by atoms with Crippen molar-refractivity contribution >= 4 is 5.91 Å². The molecule has 0 aliphatic carbocycles. The van der Waals surface area contributed by atoms with Crippen LogP contribution in [0.15, 0.2) is 0 Å². The third-order valence-electron chi connectivity index (χ3n) is 5.91. The van der Waals surface area contributed by atoms with Gasteiger partial charge >= 0.3 is 0 Å². The topological polar surface area (TPSA) is 66.3 Å². The summed E-state index contributed by atoms with van der Waals surface area (Å²) in [5.41, 5.74) is 1.48. The van der Waals surface area contributed by atoms with Crippen LogP contribution < -0.4 is 5.32 Å². The predicted octanol–water partition coefficient (Wildman–Crippen LogP) is 0.821. The SMILES string of the molecule is Cc1c(C(=O)N2CCN3CCCC[C@@H]3C2)nnn1C1CCNCC1. The molecule has 24 heavy (non-hydrogen) atoms. The van der Waals surface area contributed by atoms with Crippen molar-refractivity contribution in [3.63, 3.8) is 0 Å². The zero-order chi connectivity index (χ0) is 16.5. The molecule has 4 heterocycles. The highest BCUT2D eigenvalue weighted by Crippen LogP contribution is 2.24. The zero-order valence-corrected chi connectivity index (χ0v) is 14.6. The molecule has 0 aromatic carbocycles. The molecule has 0 radical (unpaired) electrons.